The van der Waals surface area contributed by atoms with E-state index in [0.717, 1.165) is 5.56 Å². The van der Waals surface area contributed by atoms with E-state index in [0.29, 0.717) is 16.3 Å². The van der Waals surface area contributed by atoms with Gasteiger partial charge in [0, 0.05) is 5.56 Å². The summed E-state index contributed by atoms with van der Waals surface area (Å²) in [6, 6.07) is 6.63. The summed E-state index contributed by atoms with van der Waals surface area (Å²) in [4.78, 5) is 11.9. The van der Waals surface area contributed by atoms with Gasteiger partial charge < -0.3 is 16.3 Å². The highest BCUT2D eigenvalue weighted by Gasteiger charge is 2.09. The molecule has 0 fully saturated rings. The molecule has 0 aliphatic rings. The van der Waals surface area contributed by atoms with E-state index in [1.54, 1.807) is 18.2 Å². The van der Waals surface area contributed by atoms with Gasteiger partial charge in [-0.1, -0.05) is 16.8 Å². The van der Waals surface area contributed by atoms with Gasteiger partial charge in [-0.15, -0.1) is 0 Å². The van der Waals surface area contributed by atoms with Crippen LogP contribution >= 0.6 is 22.9 Å². The first kappa shape index (κ1) is 14.4. The van der Waals surface area contributed by atoms with Gasteiger partial charge in [0.15, 0.2) is 5.84 Å². The number of hydrogen-bond donors (Lipinski definition) is 3. The molecule has 104 valence electrons. The molecule has 20 heavy (non-hydrogen) atoms. The molecule has 1 heterocycles. The number of benzene rings is 1. The highest BCUT2D eigenvalue weighted by molar-refractivity contribution is 7.08. The minimum absolute atomic E-state index is 0.0463. The van der Waals surface area contributed by atoms with E-state index in [2.05, 4.69) is 10.5 Å². The predicted molar refractivity (Wildman–Crippen MR) is 80.6 cm³/mol. The molecule has 1 aromatic carbocycles. The molecular formula is C13H12ClN3O2S. The normalized spacial score (nSPS) is 11.3. The van der Waals surface area contributed by atoms with Crippen molar-refractivity contribution in [1.82, 2.24) is 0 Å². The number of nitrogens with one attached hydrogen (secondary N) is 1. The number of amidine groups is 1. The first-order chi connectivity index (χ1) is 9.60. The van der Waals surface area contributed by atoms with Gasteiger partial charge >= 0.3 is 0 Å². The molecule has 0 aliphatic heterocycles. The molecule has 0 saturated heterocycles. The summed E-state index contributed by atoms with van der Waals surface area (Å²) in [7, 11) is 0. The number of halogens is 1. The van der Waals surface area contributed by atoms with Gasteiger partial charge in [0.1, 0.15) is 0 Å². The van der Waals surface area contributed by atoms with Crippen molar-refractivity contribution >= 4 is 40.4 Å². The molecule has 0 unspecified atom stereocenters. The van der Waals surface area contributed by atoms with Crippen molar-refractivity contribution in [3.05, 3.63) is 51.2 Å². The largest absolute Gasteiger partial charge is 0.409 e. The number of thiophene rings is 1. The summed E-state index contributed by atoms with van der Waals surface area (Å²) < 4.78 is 0. The van der Waals surface area contributed by atoms with Crippen molar-refractivity contribution in [2.24, 2.45) is 10.9 Å². The van der Waals surface area contributed by atoms with Gasteiger partial charge in [0.2, 0.25) is 5.91 Å². The average Bonchev–Trinajstić information content (AvgIpc) is 2.93. The quantitative estimate of drug-likeness (QED) is 0.351. The molecular weight excluding hydrogens is 298 g/mol. The van der Waals surface area contributed by atoms with Crippen molar-refractivity contribution < 1.29 is 10.0 Å². The molecule has 4 N–H and O–H groups in total. The van der Waals surface area contributed by atoms with Crippen LogP contribution in [0.1, 0.15) is 11.1 Å². The smallest absolute Gasteiger partial charge is 0.228 e. The van der Waals surface area contributed by atoms with Crippen LogP contribution < -0.4 is 11.1 Å². The van der Waals surface area contributed by atoms with E-state index >= 15 is 0 Å². The Bertz CT molecular complexity index is 641. The molecule has 0 spiro atoms. The van der Waals surface area contributed by atoms with Crippen LogP contribution in [0.2, 0.25) is 5.02 Å². The molecule has 5 nitrogen and oxygen atoms in total. The van der Waals surface area contributed by atoms with Crippen LogP contribution in [0, 0.1) is 0 Å². The second-order valence-corrected chi connectivity index (χ2v) is 5.22. The molecule has 1 amide bonds. The van der Waals surface area contributed by atoms with Crippen molar-refractivity contribution in [3.63, 3.8) is 0 Å². The molecule has 2 aromatic rings. The zero-order valence-corrected chi connectivity index (χ0v) is 11.9. The summed E-state index contributed by atoms with van der Waals surface area (Å²) in [6.07, 6.45) is 0.271. The molecule has 0 atom stereocenters. The Labute approximate surface area is 124 Å². The first-order valence-corrected chi connectivity index (χ1v) is 7.00. The summed E-state index contributed by atoms with van der Waals surface area (Å²) in [6.45, 7) is 0. The number of nitrogens with two attached hydrogens (primary N) is 1. The van der Waals surface area contributed by atoms with E-state index in [-0.39, 0.29) is 18.2 Å². The highest BCUT2D eigenvalue weighted by Crippen LogP contribution is 2.23. The maximum Gasteiger partial charge on any atom is 0.228 e. The fourth-order valence-corrected chi connectivity index (χ4v) is 2.44. The maximum absolute atomic E-state index is 11.9. The van der Waals surface area contributed by atoms with Crippen LogP contribution in [0.4, 0.5) is 5.69 Å². The van der Waals surface area contributed by atoms with Gasteiger partial charge in [0.25, 0.3) is 0 Å². The van der Waals surface area contributed by atoms with Crippen LogP contribution in [0.3, 0.4) is 0 Å². The number of nitrogens with zero attached hydrogens (tertiary/aromatic N) is 1. The lowest BCUT2D eigenvalue weighted by Crippen LogP contribution is -2.16. The molecule has 0 radical (unpaired) electrons. The molecule has 1 aromatic heterocycles. The summed E-state index contributed by atoms with van der Waals surface area (Å²) in [5, 5.41) is 18.5. The van der Waals surface area contributed by atoms with Gasteiger partial charge in [-0.25, -0.2) is 0 Å². The number of rotatable bonds is 4. The first-order valence-electron chi connectivity index (χ1n) is 5.68. The van der Waals surface area contributed by atoms with E-state index in [4.69, 9.17) is 22.5 Å². The third-order valence-corrected chi connectivity index (χ3v) is 3.65. The number of oxime groups is 1. The SMILES string of the molecule is N/C(=N/O)c1ccc(Cl)c(NC(=O)Cc2ccsc2)c1. The van der Waals surface area contributed by atoms with Crippen molar-refractivity contribution in [3.8, 4) is 0 Å². The van der Waals surface area contributed by atoms with Crippen LogP contribution in [0.5, 0.6) is 0 Å². The monoisotopic (exact) mass is 309 g/mol. The lowest BCUT2D eigenvalue weighted by Gasteiger charge is -2.08. The molecule has 0 bridgehead atoms. The minimum Gasteiger partial charge on any atom is -0.409 e. The Kier molecular flexibility index (Phi) is 4.60. The Morgan fingerprint density at radius 1 is 1.45 bits per heavy atom. The Balaban J connectivity index is 2.14. The number of hydrogen-bond acceptors (Lipinski definition) is 4. The lowest BCUT2D eigenvalue weighted by atomic mass is 10.1. The Hall–Kier alpha value is -2.05. The van der Waals surface area contributed by atoms with E-state index in [1.807, 2.05) is 16.8 Å². The predicted octanol–water partition coefficient (Wildman–Crippen LogP) is 2.68. The van der Waals surface area contributed by atoms with Gasteiger partial charge in [-0.05, 0) is 40.6 Å². The van der Waals surface area contributed by atoms with Gasteiger partial charge in [-0.3, -0.25) is 4.79 Å². The van der Waals surface area contributed by atoms with Crippen LogP contribution in [-0.2, 0) is 11.2 Å². The van der Waals surface area contributed by atoms with E-state index in [1.165, 1.54) is 11.3 Å². The third kappa shape index (κ3) is 3.49. The topological polar surface area (TPSA) is 87.7 Å². The van der Waals surface area contributed by atoms with Crippen molar-refractivity contribution in [2.75, 3.05) is 5.32 Å². The number of carbonyl (C=O) groups is 1. The summed E-state index contributed by atoms with van der Waals surface area (Å²) in [5.41, 5.74) is 7.34. The van der Waals surface area contributed by atoms with Crippen LogP contribution in [0.15, 0.2) is 40.2 Å². The summed E-state index contributed by atoms with van der Waals surface area (Å²) in [5.74, 6) is -0.225. The van der Waals surface area contributed by atoms with Crippen molar-refractivity contribution in [2.45, 2.75) is 6.42 Å². The third-order valence-electron chi connectivity index (χ3n) is 2.59. The summed E-state index contributed by atoms with van der Waals surface area (Å²) >= 11 is 7.55. The highest BCUT2D eigenvalue weighted by atomic mass is 35.5. The van der Waals surface area contributed by atoms with Crippen LogP contribution in [-0.4, -0.2) is 17.0 Å². The van der Waals surface area contributed by atoms with Gasteiger partial charge in [-0.2, -0.15) is 11.3 Å². The van der Waals surface area contributed by atoms with E-state index in [9.17, 15) is 4.79 Å². The fraction of sp³-hybridized carbons (Fsp3) is 0.0769. The minimum atomic E-state index is -0.179. The van der Waals surface area contributed by atoms with E-state index < -0.39 is 0 Å². The zero-order valence-electron chi connectivity index (χ0n) is 10.3. The molecule has 7 heteroatoms. The van der Waals surface area contributed by atoms with Crippen LogP contribution in [0.25, 0.3) is 0 Å². The number of carbonyl (C=O) groups excluding carboxylic acids is 1. The fourth-order valence-electron chi connectivity index (χ4n) is 1.61. The number of amides is 1. The Morgan fingerprint density at radius 2 is 2.25 bits per heavy atom. The standard InChI is InChI=1S/C13H12ClN3O2S/c14-10-2-1-9(13(15)17-19)6-11(10)16-12(18)5-8-3-4-20-7-8/h1-4,6-7,19H,5H2,(H2,15,17)(H,16,18). The maximum atomic E-state index is 11.9. The molecule has 2 rings (SSSR count). The van der Waals surface area contributed by atoms with Crippen molar-refractivity contribution in [1.29, 1.82) is 0 Å². The number of anilines is 1. The second kappa shape index (κ2) is 6.40. The lowest BCUT2D eigenvalue weighted by molar-refractivity contribution is -0.115. The average molecular weight is 310 g/mol. The Morgan fingerprint density at radius 3 is 2.90 bits per heavy atom. The molecule has 0 saturated carbocycles. The zero-order chi connectivity index (χ0) is 14.5. The second-order valence-electron chi connectivity index (χ2n) is 4.04. The molecule has 0 aliphatic carbocycles. The van der Waals surface area contributed by atoms with Gasteiger partial charge in [0.05, 0.1) is 17.1 Å².